The molecule has 2 heterocycles. The van der Waals surface area contributed by atoms with Gasteiger partial charge in [-0.1, -0.05) is 13.8 Å². The maximum Gasteiger partial charge on any atom is 0.113 e. The SMILES string of the molecule is CC(C)(CN)c1ncc(-c2ccncc2)[nH]1. The molecule has 0 bridgehead atoms. The van der Waals surface area contributed by atoms with Gasteiger partial charge in [0, 0.05) is 29.9 Å². The molecule has 84 valence electrons. The zero-order valence-electron chi connectivity index (χ0n) is 9.57. The summed E-state index contributed by atoms with van der Waals surface area (Å²) in [6, 6.07) is 3.90. The van der Waals surface area contributed by atoms with Crippen LogP contribution in [0.1, 0.15) is 19.7 Å². The lowest BCUT2D eigenvalue weighted by atomic mass is 9.93. The molecule has 0 unspecified atom stereocenters. The monoisotopic (exact) mass is 216 g/mol. The Balaban J connectivity index is 2.34. The van der Waals surface area contributed by atoms with E-state index in [2.05, 4.69) is 28.8 Å². The standard InChI is InChI=1S/C12H16N4/c1-12(2,8-13)11-15-7-10(16-11)9-3-5-14-6-4-9/h3-7H,8,13H2,1-2H3,(H,15,16). The molecule has 3 N–H and O–H groups in total. The van der Waals surface area contributed by atoms with Gasteiger partial charge < -0.3 is 10.7 Å². The summed E-state index contributed by atoms with van der Waals surface area (Å²) in [6.07, 6.45) is 5.37. The lowest BCUT2D eigenvalue weighted by Gasteiger charge is -2.18. The van der Waals surface area contributed by atoms with Gasteiger partial charge in [0.25, 0.3) is 0 Å². The van der Waals surface area contributed by atoms with Crippen molar-refractivity contribution in [3.8, 4) is 11.3 Å². The molecule has 0 spiro atoms. The number of pyridine rings is 1. The van der Waals surface area contributed by atoms with Crippen LogP contribution in [0.2, 0.25) is 0 Å². The fourth-order valence-electron chi connectivity index (χ4n) is 1.44. The molecule has 0 aliphatic rings. The summed E-state index contributed by atoms with van der Waals surface area (Å²) >= 11 is 0. The summed E-state index contributed by atoms with van der Waals surface area (Å²) in [6.45, 7) is 4.71. The van der Waals surface area contributed by atoms with Gasteiger partial charge in [0.15, 0.2) is 0 Å². The van der Waals surface area contributed by atoms with Gasteiger partial charge in [0.05, 0.1) is 11.9 Å². The quantitative estimate of drug-likeness (QED) is 0.820. The second kappa shape index (κ2) is 4.06. The van der Waals surface area contributed by atoms with Crippen LogP contribution >= 0.6 is 0 Å². The molecule has 4 heteroatoms. The van der Waals surface area contributed by atoms with Gasteiger partial charge in [-0.15, -0.1) is 0 Å². The topological polar surface area (TPSA) is 67.6 Å². The highest BCUT2D eigenvalue weighted by Crippen LogP contribution is 2.22. The Bertz CT molecular complexity index is 459. The van der Waals surface area contributed by atoms with Crippen molar-refractivity contribution in [3.63, 3.8) is 0 Å². The van der Waals surface area contributed by atoms with E-state index in [1.165, 1.54) is 0 Å². The minimum Gasteiger partial charge on any atom is -0.342 e. The van der Waals surface area contributed by atoms with Crippen molar-refractivity contribution in [1.82, 2.24) is 15.0 Å². The largest absolute Gasteiger partial charge is 0.342 e. The highest BCUT2D eigenvalue weighted by Gasteiger charge is 2.22. The van der Waals surface area contributed by atoms with Crippen LogP contribution < -0.4 is 5.73 Å². The van der Waals surface area contributed by atoms with Crippen LogP contribution in [0.3, 0.4) is 0 Å². The zero-order chi connectivity index (χ0) is 11.6. The molecular weight excluding hydrogens is 200 g/mol. The number of hydrogen-bond acceptors (Lipinski definition) is 3. The molecule has 0 saturated carbocycles. The van der Waals surface area contributed by atoms with Gasteiger partial charge >= 0.3 is 0 Å². The highest BCUT2D eigenvalue weighted by atomic mass is 14.9. The number of nitrogens with one attached hydrogen (secondary N) is 1. The third kappa shape index (κ3) is 1.97. The molecule has 16 heavy (non-hydrogen) atoms. The predicted octanol–water partition coefficient (Wildman–Crippen LogP) is 1.71. The highest BCUT2D eigenvalue weighted by molar-refractivity contribution is 5.57. The molecule has 0 radical (unpaired) electrons. The smallest absolute Gasteiger partial charge is 0.113 e. The van der Waals surface area contributed by atoms with E-state index in [4.69, 9.17) is 5.73 Å². The molecule has 0 fully saturated rings. The van der Waals surface area contributed by atoms with Gasteiger partial charge in [-0.3, -0.25) is 4.98 Å². The van der Waals surface area contributed by atoms with Crippen molar-refractivity contribution < 1.29 is 0 Å². The van der Waals surface area contributed by atoms with Crippen LogP contribution in [0.5, 0.6) is 0 Å². The molecule has 2 aromatic rings. The van der Waals surface area contributed by atoms with Crippen molar-refractivity contribution in [2.24, 2.45) is 5.73 Å². The van der Waals surface area contributed by atoms with Crippen LogP contribution in [-0.4, -0.2) is 21.5 Å². The van der Waals surface area contributed by atoms with E-state index < -0.39 is 0 Å². The average Bonchev–Trinajstić information content (AvgIpc) is 2.80. The van der Waals surface area contributed by atoms with Crippen LogP contribution in [0.25, 0.3) is 11.3 Å². The summed E-state index contributed by atoms with van der Waals surface area (Å²) in [5.74, 6) is 0.918. The average molecular weight is 216 g/mol. The fraction of sp³-hybridized carbons (Fsp3) is 0.333. The molecular formula is C12H16N4. The van der Waals surface area contributed by atoms with Crippen molar-refractivity contribution in [2.75, 3.05) is 6.54 Å². The van der Waals surface area contributed by atoms with Gasteiger partial charge in [0.1, 0.15) is 5.82 Å². The van der Waals surface area contributed by atoms with Gasteiger partial charge in [-0.05, 0) is 12.1 Å². The Morgan fingerprint density at radius 1 is 1.31 bits per heavy atom. The van der Waals surface area contributed by atoms with Crippen molar-refractivity contribution in [3.05, 3.63) is 36.5 Å². The molecule has 4 nitrogen and oxygen atoms in total. The number of aromatic amines is 1. The van der Waals surface area contributed by atoms with E-state index in [9.17, 15) is 0 Å². The second-order valence-corrected chi connectivity index (χ2v) is 4.47. The number of nitrogens with two attached hydrogens (primary N) is 1. The minimum absolute atomic E-state index is 0.120. The number of rotatable bonds is 3. The summed E-state index contributed by atoms with van der Waals surface area (Å²) in [5.41, 5.74) is 7.68. The number of imidazole rings is 1. The number of hydrogen-bond donors (Lipinski definition) is 2. The second-order valence-electron chi connectivity index (χ2n) is 4.47. The first kappa shape index (κ1) is 10.8. The maximum absolute atomic E-state index is 5.72. The summed E-state index contributed by atoms with van der Waals surface area (Å²) in [7, 11) is 0. The predicted molar refractivity (Wildman–Crippen MR) is 63.9 cm³/mol. The van der Waals surface area contributed by atoms with Crippen LogP contribution in [0, 0.1) is 0 Å². The van der Waals surface area contributed by atoms with Gasteiger partial charge in [0.2, 0.25) is 0 Å². The van der Waals surface area contributed by atoms with E-state index in [-0.39, 0.29) is 5.41 Å². The molecule has 0 amide bonds. The Morgan fingerprint density at radius 3 is 2.62 bits per heavy atom. The van der Waals surface area contributed by atoms with E-state index >= 15 is 0 Å². The first-order valence-electron chi connectivity index (χ1n) is 5.29. The van der Waals surface area contributed by atoms with Crippen LogP contribution in [0.15, 0.2) is 30.7 Å². The molecule has 2 rings (SSSR count). The fourth-order valence-corrected chi connectivity index (χ4v) is 1.44. The van der Waals surface area contributed by atoms with E-state index in [1.807, 2.05) is 18.3 Å². The maximum atomic E-state index is 5.72. The van der Waals surface area contributed by atoms with E-state index in [0.29, 0.717) is 6.54 Å². The Labute approximate surface area is 94.9 Å². The minimum atomic E-state index is -0.120. The molecule has 0 aromatic carbocycles. The summed E-state index contributed by atoms with van der Waals surface area (Å²) in [5, 5.41) is 0. The third-order valence-electron chi connectivity index (χ3n) is 2.72. The lowest BCUT2D eigenvalue weighted by Crippen LogP contribution is -2.29. The lowest BCUT2D eigenvalue weighted by molar-refractivity contribution is 0.508. The first-order valence-corrected chi connectivity index (χ1v) is 5.29. The Hall–Kier alpha value is -1.68. The van der Waals surface area contributed by atoms with Crippen LogP contribution in [0.4, 0.5) is 0 Å². The van der Waals surface area contributed by atoms with Crippen LogP contribution in [-0.2, 0) is 5.41 Å². The van der Waals surface area contributed by atoms with E-state index in [1.54, 1.807) is 12.4 Å². The normalized spacial score (nSPS) is 11.7. The zero-order valence-corrected chi connectivity index (χ0v) is 9.57. The number of H-pyrrole nitrogens is 1. The number of aromatic nitrogens is 3. The molecule has 0 aliphatic carbocycles. The Kier molecular flexibility index (Phi) is 2.75. The van der Waals surface area contributed by atoms with Crippen molar-refractivity contribution >= 4 is 0 Å². The Morgan fingerprint density at radius 2 is 2.00 bits per heavy atom. The first-order chi connectivity index (χ1) is 7.63. The molecule has 0 saturated heterocycles. The van der Waals surface area contributed by atoms with Crippen molar-refractivity contribution in [1.29, 1.82) is 0 Å². The summed E-state index contributed by atoms with van der Waals surface area (Å²) < 4.78 is 0. The summed E-state index contributed by atoms with van der Waals surface area (Å²) in [4.78, 5) is 11.7. The molecule has 0 aliphatic heterocycles. The number of nitrogens with zero attached hydrogens (tertiary/aromatic N) is 2. The molecule has 2 aromatic heterocycles. The van der Waals surface area contributed by atoms with Crippen molar-refractivity contribution in [2.45, 2.75) is 19.3 Å². The molecule has 0 atom stereocenters. The third-order valence-corrected chi connectivity index (χ3v) is 2.72. The van der Waals surface area contributed by atoms with Gasteiger partial charge in [-0.2, -0.15) is 0 Å². The van der Waals surface area contributed by atoms with Gasteiger partial charge in [-0.25, -0.2) is 4.98 Å². The van der Waals surface area contributed by atoms with E-state index in [0.717, 1.165) is 17.1 Å².